The van der Waals surface area contributed by atoms with Gasteiger partial charge in [0.15, 0.2) is 11.9 Å². The Bertz CT molecular complexity index is 131. The van der Waals surface area contributed by atoms with Crippen LogP contribution < -0.4 is 24.0 Å². The van der Waals surface area contributed by atoms with E-state index in [1.54, 1.807) is 0 Å². The predicted octanol–water partition coefficient (Wildman–Crippen LogP) is -3.35. The number of ketones is 1. The lowest BCUT2D eigenvalue weighted by Gasteiger charge is -2.25. The second-order valence-electron chi connectivity index (χ2n) is 3.60. The molecule has 4 heteroatoms. The standard InChI is InChI=1S/C7H16NO2.HI/c1-6(9)7(10)5-8(2,3)4;/h7,10H,5H2,1-4H3;1H/q+1;/p-1. The molecule has 68 valence electrons. The lowest BCUT2D eigenvalue weighted by Crippen LogP contribution is -3.00. The molecule has 0 heterocycles. The molecule has 0 rings (SSSR count). The number of halogens is 1. The third-order valence-corrected chi connectivity index (χ3v) is 1.19. The Hall–Kier alpha value is 0.320. The number of aliphatic hydroxyl groups is 1. The first-order valence-corrected chi connectivity index (χ1v) is 3.32. The molecule has 1 unspecified atom stereocenters. The van der Waals surface area contributed by atoms with Gasteiger partial charge in [-0.3, -0.25) is 4.79 Å². The van der Waals surface area contributed by atoms with Crippen LogP contribution in [0.25, 0.3) is 0 Å². The largest absolute Gasteiger partial charge is 1.00 e. The summed E-state index contributed by atoms with van der Waals surface area (Å²) in [6.07, 6.45) is -0.806. The van der Waals surface area contributed by atoms with Crippen LogP contribution in [0.1, 0.15) is 6.92 Å². The Labute approximate surface area is 85.0 Å². The Morgan fingerprint density at radius 1 is 1.45 bits per heavy atom. The van der Waals surface area contributed by atoms with Crippen molar-refractivity contribution in [1.29, 1.82) is 0 Å². The second kappa shape index (κ2) is 5.05. The number of hydrogen-bond acceptors (Lipinski definition) is 2. The fourth-order valence-corrected chi connectivity index (χ4v) is 0.647. The average molecular weight is 273 g/mol. The SMILES string of the molecule is CC(=O)C(O)C[N+](C)(C)C.[I-]. The van der Waals surface area contributed by atoms with E-state index in [9.17, 15) is 4.79 Å². The Morgan fingerprint density at radius 2 is 1.82 bits per heavy atom. The summed E-state index contributed by atoms with van der Waals surface area (Å²) in [6, 6.07) is 0. The lowest BCUT2D eigenvalue weighted by atomic mass is 10.2. The molecule has 0 aromatic heterocycles. The van der Waals surface area contributed by atoms with E-state index >= 15 is 0 Å². The zero-order valence-corrected chi connectivity index (χ0v) is 9.62. The van der Waals surface area contributed by atoms with Crippen molar-refractivity contribution in [3.63, 3.8) is 0 Å². The van der Waals surface area contributed by atoms with Gasteiger partial charge in [-0.25, -0.2) is 0 Å². The van der Waals surface area contributed by atoms with Gasteiger partial charge in [-0.2, -0.15) is 0 Å². The highest BCUT2D eigenvalue weighted by atomic mass is 127. The summed E-state index contributed by atoms with van der Waals surface area (Å²) in [5, 5.41) is 9.10. The number of nitrogens with zero attached hydrogens (tertiary/aromatic N) is 1. The van der Waals surface area contributed by atoms with Gasteiger partial charge in [-0.05, 0) is 6.92 Å². The van der Waals surface area contributed by atoms with E-state index in [1.165, 1.54) is 6.92 Å². The number of carbonyl (C=O) groups excluding carboxylic acids is 1. The first-order chi connectivity index (χ1) is 4.33. The molecular formula is C7H16INO2. The molecule has 0 aromatic carbocycles. The number of aliphatic hydroxyl groups excluding tert-OH is 1. The van der Waals surface area contributed by atoms with Crippen molar-refractivity contribution in [3.05, 3.63) is 0 Å². The van der Waals surface area contributed by atoms with Crippen LogP contribution in [-0.4, -0.2) is 49.2 Å². The van der Waals surface area contributed by atoms with Crippen molar-refractivity contribution in [3.8, 4) is 0 Å². The van der Waals surface area contributed by atoms with Gasteiger partial charge in [-0.1, -0.05) is 0 Å². The summed E-state index contributed by atoms with van der Waals surface area (Å²) >= 11 is 0. The van der Waals surface area contributed by atoms with Crippen molar-refractivity contribution < 1.29 is 38.4 Å². The van der Waals surface area contributed by atoms with Crippen LogP contribution in [0.3, 0.4) is 0 Å². The highest BCUT2D eigenvalue weighted by Gasteiger charge is 2.18. The van der Waals surface area contributed by atoms with Gasteiger partial charge in [0.1, 0.15) is 6.54 Å². The molecular weight excluding hydrogens is 257 g/mol. The van der Waals surface area contributed by atoms with Crippen molar-refractivity contribution >= 4 is 5.78 Å². The van der Waals surface area contributed by atoms with E-state index in [1.807, 2.05) is 21.1 Å². The van der Waals surface area contributed by atoms with E-state index < -0.39 is 6.10 Å². The van der Waals surface area contributed by atoms with Crippen LogP contribution in [0.5, 0.6) is 0 Å². The van der Waals surface area contributed by atoms with Crippen molar-refractivity contribution in [2.75, 3.05) is 27.7 Å². The smallest absolute Gasteiger partial charge is 0.164 e. The summed E-state index contributed by atoms with van der Waals surface area (Å²) in [5.41, 5.74) is 0. The van der Waals surface area contributed by atoms with Crippen LogP contribution in [0.15, 0.2) is 0 Å². The summed E-state index contributed by atoms with van der Waals surface area (Å²) < 4.78 is 0.612. The minimum absolute atomic E-state index is 0. The van der Waals surface area contributed by atoms with Crippen molar-refractivity contribution in [2.45, 2.75) is 13.0 Å². The van der Waals surface area contributed by atoms with Crippen molar-refractivity contribution in [1.82, 2.24) is 0 Å². The number of carbonyl (C=O) groups is 1. The monoisotopic (exact) mass is 273 g/mol. The number of rotatable bonds is 3. The third-order valence-electron chi connectivity index (χ3n) is 1.19. The highest BCUT2D eigenvalue weighted by molar-refractivity contribution is 5.80. The predicted molar refractivity (Wildman–Crippen MR) is 39.6 cm³/mol. The molecule has 0 aliphatic carbocycles. The van der Waals surface area contributed by atoms with E-state index in [2.05, 4.69) is 0 Å². The van der Waals surface area contributed by atoms with E-state index in [4.69, 9.17) is 5.11 Å². The molecule has 3 nitrogen and oxygen atoms in total. The number of Topliss-reactive ketones (excluding diaryl/α,β-unsaturated/α-hetero) is 1. The fraction of sp³-hybridized carbons (Fsp3) is 0.857. The third kappa shape index (κ3) is 8.22. The summed E-state index contributed by atoms with van der Waals surface area (Å²) in [5.74, 6) is -0.159. The molecule has 0 spiro atoms. The van der Waals surface area contributed by atoms with Crippen molar-refractivity contribution in [2.24, 2.45) is 0 Å². The molecule has 0 amide bonds. The maximum absolute atomic E-state index is 10.6. The molecule has 0 fully saturated rings. The van der Waals surface area contributed by atoms with Gasteiger partial charge in [0.2, 0.25) is 0 Å². The van der Waals surface area contributed by atoms with Crippen LogP contribution in [0, 0.1) is 0 Å². The molecule has 1 N–H and O–H groups in total. The molecule has 1 atom stereocenters. The zero-order chi connectivity index (χ0) is 8.36. The molecule has 0 aromatic rings. The minimum atomic E-state index is -0.806. The topological polar surface area (TPSA) is 37.3 Å². The van der Waals surface area contributed by atoms with E-state index in [0.717, 1.165) is 0 Å². The first kappa shape index (κ1) is 13.9. The highest BCUT2D eigenvalue weighted by Crippen LogP contribution is 1.95. The normalized spacial score (nSPS) is 13.5. The Morgan fingerprint density at radius 3 is 1.91 bits per heavy atom. The fourth-order valence-electron chi connectivity index (χ4n) is 0.647. The van der Waals surface area contributed by atoms with Gasteiger partial charge in [0.05, 0.1) is 21.1 Å². The number of quaternary nitrogens is 1. The number of hydrogen-bond donors (Lipinski definition) is 1. The summed E-state index contributed by atoms with van der Waals surface area (Å²) in [6.45, 7) is 1.88. The minimum Gasteiger partial charge on any atom is -1.00 e. The van der Waals surface area contributed by atoms with Crippen LogP contribution in [-0.2, 0) is 4.79 Å². The van der Waals surface area contributed by atoms with Gasteiger partial charge in [-0.15, -0.1) is 0 Å². The van der Waals surface area contributed by atoms with Gasteiger partial charge in [0, 0.05) is 0 Å². The van der Waals surface area contributed by atoms with E-state index in [0.29, 0.717) is 11.0 Å². The molecule has 0 aliphatic heterocycles. The molecule has 0 saturated heterocycles. The number of likely N-dealkylation sites (N-methyl/N-ethyl adjacent to an activating group) is 1. The zero-order valence-electron chi connectivity index (χ0n) is 7.47. The van der Waals surface area contributed by atoms with Gasteiger partial charge < -0.3 is 33.6 Å². The lowest BCUT2D eigenvalue weighted by molar-refractivity contribution is -0.872. The molecule has 0 saturated carbocycles. The molecule has 0 aliphatic rings. The van der Waals surface area contributed by atoms with Crippen LogP contribution >= 0.6 is 0 Å². The van der Waals surface area contributed by atoms with Gasteiger partial charge in [0.25, 0.3) is 0 Å². The summed E-state index contributed by atoms with van der Waals surface area (Å²) in [4.78, 5) is 10.6. The maximum atomic E-state index is 10.6. The summed E-state index contributed by atoms with van der Waals surface area (Å²) in [7, 11) is 5.81. The maximum Gasteiger partial charge on any atom is 0.164 e. The van der Waals surface area contributed by atoms with E-state index in [-0.39, 0.29) is 29.8 Å². The Kier molecular flexibility index (Phi) is 6.38. The van der Waals surface area contributed by atoms with Crippen LogP contribution in [0.4, 0.5) is 0 Å². The molecule has 0 radical (unpaired) electrons. The van der Waals surface area contributed by atoms with Gasteiger partial charge >= 0.3 is 0 Å². The molecule has 0 bridgehead atoms. The average Bonchev–Trinajstić information content (AvgIpc) is 1.60. The Balaban J connectivity index is 0. The quantitative estimate of drug-likeness (QED) is 0.431. The second-order valence-corrected chi connectivity index (χ2v) is 3.60. The van der Waals surface area contributed by atoms with Crippen LogP contribution in [0.2, 0.25) is 0 Å². The first-order valence-electron chi connectivity index (χ1n) is 3.32. The molecule has 11 heavy (non-hydrogen) atoms.